The van der Waals surface area contributed by atoms with Crippen molar-refractivity contribution in [2.75, 3.05) is 0 Å². The van der Waals surface area contributed by atoms with E-state index in [9.17, 15) is 4.39 Å². The van der Waals surface area contributed by atoms with Gasteiger partial charge in [-0.25, -0.2) is 9.37 Å². The Labute approximate surface area is 301 Å². The first-order valence-corrected chi connectivity index (χ1v) is 17.8. The highest BCUT2D eigenvalue weighted by atomic mass is 19.1. The van der Waals surface area contributed by atoms with E-state index in [0.29, 0.717) is 0 Å². The predicted molar refractivity (Wildman–Crippen MR) is 216 cm³/mol. The largest absolute Gasteiger partial charge is 0.247 e. The Bertz CT molecular complexity index is 2910. The molecule has 0 fully saturated rings. The van der Waals surface area contributed by atoms with E-state index < -0.39 is 0 Å². The number of nitrogens with zero attached hydrogens (tertiary/aromatic N) is 1. The molecular formula is C50H32FN. The van der Waals surface area contributed by atoms with E-state index in [4.69, 9.17) is 4.98 Å². The second kappa shape index (κ2) is 12.3. The average Bonchev–Trinajstić information content (AvgIpc) is 3.21. The van der Waals surface area contributed by atoms with Crippen molar-refractivity contribution in [2.45, 2.75) is 5.92 Å². The van der Waals surface area contributed by atoms with Gasteiger partial charge in [-0.05, 0) is 96.5 Å². The van der Waals surface area contributed by atoms with E-state index in [1.807, 2.05) is 12.1 Å². The maximum Gasteiger partial charge on any atom is 0.123 e. The molecule has 0 atom stereocenters. The van der Waals surface area contributed by atoms with Gasteiger partial charge in [0.1, 0.15) is 5.82 Å². The van der Waals surface area contributed by atoms with Crippen LogP contribution in [0.15, 0.2) is 188 Å². The summed E-state index contributed by atoms with van der Waals surface area (Å²) in [7, 11) is 0. The lowest BCUT2D eigenvalue weighted by atomic mass is 9.84. The molecule has 0 aliphatic heterocycles. The summed E-state index contributed by atoms with van der Waals surface area (Å²) >= 11 is 0. The molecule has 0 saturated heterocycles. The number of benzene rings is 9. The third-order valence-electron chi connectivity index (χ3n) is 10.6. The summed E-state index contributed by atoms with van der Waals surface area (Å²) in [5.41, 5.74) is 8.74. The van der Waals surface area contributed by atoms with Crippen LogP contribution in [0.25, 0.3) is 76.4 Å². The molecule has 10 aromatic rings. The highest BCUT2D eigenvalue weighted by molar-refractivity contribution is 6.33. The van der Waals surface area contributed by atoms with Crippen LogP contribution < -0.4 is 0 Å². The van der Waals surface area contributed by atoms with Crippen molar-refractivity contribution in [3.8, 4) is 22.4 Å². The zero-order chi connectivity index (χ0) is 34.6. The molecule has 0 aliphatic carbocycles. The summed E-state index contributed by atoms with van der Waals surface area (Å²) in [6, 6.07) is 65.7. The number of hydrogen-bond acceptors (Lipinski definition) is 1. The molecule has 0 unspecified atom stereocenters. The predicted octanol–water partition coefficient (Wildman–Crippen LogP) is 13.5. The molecule has 244 valence electrons. The number of rotatable bonds is 5. The van der Waals surface area contributed by atoms with Crippen molar-refractivity contribution in [2.24, 2.45) is 0 Å². The standard InChI is InChI=1S/C50H32FN/c51-40-26-23-34(24-27-40)50-49-44-18-10-8-16-42(44)41-15-7-9-17-43(41)48(49)45-28-25-38(31-46(45)52-50)36-19-20-37-30-39(22-21-35(37)29-36)47(32-11-3-1-4-12-32)33-13-5-2-6-14-33/h1-31,47H. The molecule has 1 nitrogen and oxygen atoms in total. The Balaban J connectivity index is 1.15. The van der Waals surface area contributed by atoms with Crippen molar-refractivity contribution < 1.29 is 4.39 Å². The highest BCUT2D eigenvalue weighted by Gasteiger charge is 2.19. The minimum Gasteiger partial charge on any atom is -0.247 e. The van der Waals surface area contributed by atoms with Crippen LogP contribution in [0.5, 0.6) is 0 Å². The Kier molecular flexibility index (Phi) is 7.14. The molecule has 1 aromatic heterocycles. The molecule has 0 N–H and O–H groups in total. The molecule has 0 spiro atoms. The maximum atomic E-state index is 14.2. The number of halogens is 1. The van der Waals surface area contributed by atoms with Crippen molar-refractivity contribution in [3.05, 3.63) is 211 Å². The van der Waals surface area contributed by atoms with Gasteiger partial charge in [0, 0.05) is 27.6 Å². The van der Waals surface area contributed by atoms with Crippen LogP contribution in [0.4, 0.5) is 4.39 Å². The summed E-state index contributed by atoms with van der Waals surface area (Å²) in [5, 5.41) is 10.5. The van der Waals surface area contributed by atoms with Gasteiger partial charge in [0.25, 0.3) is 0 Å². The summed E-state index contributed by atoms with van der Waals surface area (Å²) in [6.07, 6.45) is 0. The Morgan fingerprint density at radius 3 is 1.56 bits per heavy atom. The zero-order valence-electron chi connectivity index (χ0n) is 28.3. The van der Waals surface area contributed by atoms with Crippen molar-refractivity contribution >= 4 is 54.0 Å². The van der Waals surface area contributed by atoms with Gasteiger partial charge >= 0.3 is 0 Å². The van der Waals surface area contributed by atoms with Crippen LogP contribution in [-0.4, -0.2) is 4.98 Å². The fraction of sp³-hybridized carbons (Fsp3) is 0.0200. The zero-order valence-corrected chi connectivity index (χ0v) is 28.3. The molecule has 0 radical (unpaired) electrons. The Hall–Kier alpha value is -6.64. The van der Waals surface area contributed by atoms with E-state index in [1.54, 1.807) is 0 Å². The minimum atomic E-state index is -0.259. The van der Waals surface area contributed by atoms with Crippen LogP contribution in [0.3, 0.4) is 0 Å². The van der Waals surface area contributed by atoms with E-state index in [1.165, 1.54) is 61.1 Å². The van der Waals surface area contributed by atoms with Crippen LogP contribution in [-0.2, 0) is 0 Å². The molecule has 0 amide bonds. The molecule has 0 saturated carbocycles. The van der Waals surface area contributed by atoms with Crippen molar-refractivity contribution in [1.29, 1.82) is 0 Å². The number of pyridine rings is 1. The van der Waals surface area contributed by atoms with E-state index in [0.717, 1.165) is 44.1 Å². The lowest BCUT2D eigenvalue weighted by molar-refractivity contribution is 0.628. The van der Waals surface area contributed by atoms with E-state index in [-0.39, 0.29) is 11.7 Å². The molecular weight excluding hydrogens is 634 g/mol. The maximum absolute atomic E-state index is 14.2. The van der Waals surface area contributed by atoms with Gasteiger partial charge in [0.05, 0.1) is 11.2 Å². The molecule has 10 rings (SSSR count). The van der Waals surface area contributed by atoms with Gasteiger partial charge in [-0.2, -0.15) is 0 Å². The SMILES string of the molecule is Fc1ccc(-c2nc3cc(-c4ccc5cc(C(c6ccccc6)c6ccccc6)ccc5c4)ccc3c3c4ccccc4c4ccccc4c23)cc1. The Morgan fingerprint density at radius 2 is 0.885 bits per heavy atom. The van der Waals surface area contributed by atoms with Gasteiger partial charge in [-0.15, -0.1) is 0 Å². The first kappa shape index (κ1) is 30.2. The number of fused-ring (bicyclic) bond motifs is 9. The summed E-state index contributed by atoms with van der Waals surface area (Å²) in [6.45, 7) is 0. The first-order chi connectivity index (χ1) is 25.7. The van der Waals surface area contributed by atoms with Gasteiger partial charge in [0.15, 0.2) is 0 Å². The van der Waals surface area contributed by atoms with Crippen LogP contribution in [0.2, 0.25) is 0 Å². The normalized spacial score (nSPS) is 11.7. The van der Waals surface area contributed by atoms with E-state index in [2.05, 4.69) is 164 Å². The van der Waals surface area contributed by atoms with Crippen molar-refractivity contribution in [3.63, 3.8) is 0 Å². The monoisotopic (exact) mass is 665 g/mol. The van der Waals surface area contributed by atoms with Crippen LogP contribution >= 0.6 is 0 Å². The van der Waals surface area contributed by atoms with Crippen LogP contribution in [0.1, 0.15) is 22.6 Å². The fourth-order valence-electron chi connectivity index (χ4n) is 8.17. The smallest absolute Gasteiger partial charge is 0.123 e. The highest BCUT2D eigenvalue weighted by Crippen LogP contribution is 2.43. The second-order valence-corrected chi connectivity index (χ2v) is 13.6. The molecule has 1 heterocycles. The topological polar surface area (TPSA) is 12.9 Å². The summed E-state index contributed by atoms with van der Waals surface area (Å²) in [5.74, 6) is -0.109. The molecule has 0 aliphatic rings. The fourth-order valence-corrected chi connectivity index (χ4v) is 8.17. The average molecular weight is 666 g/mol. The molecule has 52 heavy (non-hydrogen) atoms. The van der Waals surface area contributed by atoms with Gasteiger partial charge in [-0.1, -0.05) is 152 Å². The quantitative estimate of drug-likeness (QED) is 0.132. The van der Waals surface area contributed by atoms with Gasteiger partial charge in [-0.3, -0.25) is 0 Å². The van der Waals surface area contributed by atoms with E-state index >= 15 is 0 Å². The third-order valence-corrected chi connectivity index (χ3v) is 10.6. The van der Waals surface area contributed by atoms with Crippen LogP contribution in [0, 0.1) is 5.82 Å². The van der Waals surface area contributed by atoms with Crippen molar-refractivity contribution in [1.82, 2.24) is 4.98 Å². The van der Waals surface area contributed by atoms with Gasteiger partial charge < -0.3 is 0 Å². The third kappa shape index (κ3) is 5.03. The summed E-state index contributed by atoms with van der Waals surface area (Å²) < 4.78 is 14.2. The minimum absolute atomic E-state index is 0.149. The van der Waals surface area contributed by atoms with Gasteiger partial charge in [0.2, 0.25) is 0 Å². The summed E-state index contributed by atoms with van der Waals surface area (Å²) in [4.78, 5) is 5.37. The molecule has 2 heteroatoms. The molecule has 9 aromatic carbocycles. The Morgan fingerprint density at radius 1 is 0.365 bits per heavy atom. The number of hydrogen-bond donors (Lipinski definition) is 0. The second-order valence-electron chi connectivity index (χ2n) is 13.6. The first-order valence-electron chi connectivity index (χ1n) is 17.8. The molecule has 0 bridgehead atoms. The lowest BCUT2D eigenvalue weighted by Crippen LogP contribution is -2.03. The number of aromatic nitrogens is 1. The lowest BCUT2D eigenvalue weighted by Gasteiger charge is -2.19.